The zero-order valence-corrected chi connectivity index (χ0v) is 17.7. The molecule has 4 rings (SSSR count). The Morgan fingerprint density at radius 2 is 1.84 bits per heavy atom. The summed E-state index contributed by atoms with van der Waals surface area (Å²) in [4.78, 5) is 13.0. The Kier molecular flexibility index (Phi) is 6.02. The number of nitrogens with two attached hydrogens (primary N) is 1. The first-order chi connectivity index (χ1) is 14.8. The summed E-state index contributed by atoms with van der Waals surface area (Å²) in [5.74, 6) is -3.45. The van der Waals surface area contributed by atoms with Gasteiger partial charge in [-0.2, -0.15) is 13.2 Å². The molecule has 8 heteroatoms. The van der Waals surface area contributed by atoms with Crippen molar-refractivity contribution in [1.82, 2.24) is 15.0 Å². The molecule has 4 nitrogen and oxygen atoms in total. The second-order valence-electron chi connectivity index (χ2n) is 7.63. The van der Waals surface area contributed by atoms with Crippen molar-refractivity contribution in [3.05, 3.63) is 77.2 Å². The standard InChI is InChI=1S/C23H21F3N4S/c1-23(25,26)20-6-2-14(11-28-20)8-18(27)5-7-22-30-13-19(31-22)15-3-4-16-12-29-21(24)10-17(16)9-15/h2-4,6,9-13,18H,5,7-8,27H2,1H3. The van der Waals surface area contributed by atoms with E-state index in [2.05, 4.69) is 15.0 Å². The normalized spacial score (nSPS) is 12.9. The van der Waals surface area contributed by atoms with Crippen LogP contribution in [0.4, 0.5) is 13.2 Å². The third kappa shape index (κ3) is 5.26. The maximum absolute atomic E-state index is 13.4. The van der Waals surface area contributed by atoms with Crippen molar-refractivity contribution >= 4 is 22.1 Å². The maximum Gasteiger partial charge on any atom is 0.286 e. The van der Waals surface area contributed by atoms with Gasteiger partial charge in [-0.05, 0) is 41.5 Å². The molecule has 0 radical (unpaired) electrons. The zero-order valence-electron chi connectivity index (χ0n) is 16.9. The van der Waals surface area contributed by atoms with Gasteiger partial charge in [-0.15, -0.1) is 11.3 Å². The third-order valence-electron chi connectivity index (χ3n) is 5.03. The number of benzene rings is 1. The Morgan fingerprint density at radius 1 is 1.00 bits per heavy atom. The molecule has 160 valence electrons. The second-order valence-corrected chi connectivity index (χ2v) is 8.75. The topological polar surface area (TPSA) is 64.7 Å². The van der Waals surface area contributed by atoms with Gasteiger partial charge in [-0.1, -0.05) is 18.2 Å². The highest BCUT2D eigenvalue weighted by atomic mass is 32.1. The maximum atomic E-state index is 13.4. The number of halogens is 3. The second kappa shape index (κ2) is 8.72. The monoisotopic (exact) mass is 442 g/mol. The van der Waals surface area contributed by atoms with Crippen LogP contribution in [0.15, 0.2) is 55.0 Å². The Hall–Kier alpha value is -2.84. The van der Waals surface area contributed by atoms with Crippen molar-refractivity contribution in [3.8, 4) is 10.4 Å². The van der Waals surface area contributed by atoms with Crippen molar-refractivity contribution in [3.63, 3.8) is 0 Å². The summed E-state index contributed by atoms with van der Waals surface area (Å²) in [6.45, 7) is 0.830. The molecular formula is C23H21F3N4S. The highest BCUT2D eigenvalue weighted by Crippen LogP contribution is 2.30. The molecule has 0 saturated carbocycles. The lowest BCUT2D eigenvalue weighted by Gasteiger charge is -2.12. The van der Waals surface area contributed by atoms with Crippen LogP contribution in [0.1, 0.15) is 29.6 Å². The minimum atomic E-state index is -2.95. The molecule has 31 heavy (non-hydrogen) atoms. The molecule has 0 bridgehead atoms. The van der Waals surface area contributed by atoms with Crippen LogP contribution in [-0.4, -0.2) is 21.0 Å². The number of hydrogen-bond acceptors (Lipinski definition) is 5. The van der Waals surface area contributed by atoms with Gasteiger partial charge in [0.05, 0.1) is 9.88 Å². The number of nitrogens with zero attached hydrogens (tertiary/aromatic N) is 3. The molecule has 3 aromatic heterocycles. The molecular weight excluding hydrogens is 421 g/mol. The van der Waals surface area contributed by atoms with E-state index < -0.39 is 11.9 Å². The number of pyridine rings is 2. The molecule has 0 aliphatic carbocycles. The molecule has 0 aliphatic rings. The summed E-state index contributed by atoms with van der Waals surface area (Å²) in [7, 11) is 0. The minimum Gasteiger partial charge on any atom is -0.327 e. The Balaban J connectivity index is 1.37. The van der Waals surface area contributed by atoms with Crippen molar-refractivity contribution in [1.29, 1.82) is 0 Å². The third-order valence-corrected chi connectivity index (χ3v) is 6.13. The van der Waals surface area contributed by atoms with Gasteiger partial charge in [0.1, 0.15) is 5.69 Å². The number of hydrogen-bond donors (Lipinski definition) is 1. The number of alkyl halides is 2. The molecule has 2 N–H and O–H groups in total. The molecule has 0 saturated heterocycles. The first kappa shape index (κ1) is 21.4. The summed E-state index contributed by atoms with van der Waals surface area (Å²) >= 11 is 1.58. The van der Waals surface area contributed by atoms with Crippen LogP contribution in [0.25, 0.3) is 21.2 Å². The Morgan fingerprint density at radius 3 is 2.58 bits per heavy atom. The Labute approximate surface area is 182 Å². The number of aryl methyl sites for hydroxylation is 1. The van der Waals surface area contributed by atoms with Gasteiger partial charge in [-0.25, -0.2) is 9.97 Å². The van der Waals surface area contributed by atoms with Gasteiger partial charge in [0.15, 0.2) is 0 Å². The van der Waals surface area contributed by atoms with Crippen LogP contribution in [0.5, 0.6) is 0 Å². The van der Waals surface area contributed by atoms with Gasteiger partial charge < -0.3 is 5.73 Å². The molecule has 3 heterocycles. The number of aromatic nitrogens is 3. The van der Waals surface area contributed by atoms with E-state index in [0.717, 1.165) is 45.1 Å². The quantitative estimate of drug-likeness (QED) is 0.384. The molecule has 4 aromatic rings. The van der Waals surface area contributed by atoms with Crippen LogP contribution >= 0.6 is 11.3 Å². The van der Waals surface area contributed by atoms with Crippen molar-refractivity contribution < 1.29 is 13.2 Å². The molecule has 1 atom stereocenters. The zero-order chi connectivity index (χ0) is 22.0. The summed E-state index contributed by atoms with van der Waals surface area (Å²) in [6, 6.07) is 10.1. The summed E-state index contributed by atoms with van der Waals surface area (Å²) in [5.41, 5.74) is 7.80. The molecule has 0 amide bonds. The van der Waals surface area contributed by atoms with E-state index in [0.29, 0.717) is 12.8 Å². The molecule has 0 spiro atoms. The van der Waals surface area contributed by atoms with Crippen molar-refractivity contribution in [2.75, 3.05) is 0 Å². The van der Waals surface area contributed by atoms with Gasteiger partial charge in [-0.3, -0.25) is 4.98 Å². The lowest BCUT2D eigenvalue weighted by Crippen LogP contribution is -2.23. The fraction of sp³-hybridized carbons (Fsp3) is 0.261. The lowest BCUT2D eigenvalue weighted by atomic mass is 10.0. The minimum absolute atomic E-state index is 0.127. The van der Waals surface area contributed by atoms with Gasteiger partial charge >= 0.3 is 0 Å². The van der Waals surface area contributed by atoms with E-state index in [1.807, 2.05) is 24.4 Å². The van der Waals surface area contributed by atoms with E-state index in [9.17, 15) is 13.2 Å². The van der Waals surface area contributed by atoms with E-state index >= 15 is 0 Å². The van der Waals surface area contributed by atoms with Crippen LogP contribution in [0.2, 0.25) is 0 Å². The SMILES string of the molecule is CC(F)(F)c1ccc(CC(N)CCc2ncc(-c3ccc4cnc(F)cc4c3)s2)cn1. The fourth-order valence-corrected chi connectivity index (χ4v) is 4.27. The van der Waals surface area contributed by atoms with E-state index in [-0.39, 0.29) is 11.7 Å². The first-order valence-corrected chi connectivity index (χ1v) is 10.7. The number of fused-ring (bicyclic) bond motifs is 1. The van der Waals surface area contributed by atoms with Crippen LogP contribution < -0.4 is 5.73 Å². The van der Waals surface area contributed by atoms with Crippen molar-refractivity contribution in [2.45, 2.75) is 38.2 Å². The van der Waals surface area contributed by atoms with Gasteiger partial charge in [0, 0.05) is 49.4 Å². The van der Waals surface area contributed by atoms with E-state index in [1.165, 1.54) is 24.5 Å². The van der Waals surface area contributed by atoms with E-state index in [4.69, 9.17) is 5.73 Å². The fourth-order valence-electron chi connectivity index (χ4n) is 3.35. The summed E-state index contributed by atoms with van der Waals surface area (Å²) in [5, 5.41) is 2.64. The smallest absolute Gasteiger partial charge is 0.286 e. The average Bonchev–Trinajstić information content (AvgIpc) is 3.20. The molecule has 1 aromatic carbocycles. The predicted octanol–water partition coefficient (Wildman–Crippen LogP) is 5.51. The van der Waals surface area contributed by atoms with Crippen LogP contribution in [0, 0.1) is 5.95 Å². The summed E-state index contributed by atoms with van der Waals surface area (Å²) in [6.07, 6.45) is 6.80. The molecule has 0 fully saturated rings. The predicted molar refractivity (Wildman–Crippen MR) is 117 cm³/mol. The highest BCUT2D eigenvalue weighted by molar-refractivity contribution is 7.15. The first-order valence-electron chi connectivity index (χ1n) is 9.87. The van der Waals surface area contributed by atoms with Crippen LogP contribution in [0.3, 0.4) is 0 Å². The average molecular weight is 443 g/mol. The van der Waals surface area contributed by atoms with Crippen molar-refractivity contribution in [2.24, 2.45) is 5.73 Å². The number of thiazole rings is 1. The highest BCUT2D eigenvalue weighted by Gasteiger charge is 2.25. The van der Waals surface area contributed by atoms with E-state index in [1.54, 1.807) is 17.4 Å². The summed E-state index contributed by atoms with van der Waals surface area (Å²) < 4.78 is 39.9. The molecule has 1 unspecified atom stereocenters. The van der Waals surface area contributed by atoms with Gasteiger partial charge in [0.25, 0.3) is 5.92 Å². The lowest BCUT2D eigenvalue weighted by molar-refractivity contribution is 0.0127. The van der Waals surface area contributed by atoms with Crippen LogP contribution in [-0.2, 0) is 18.8 Å². The van der Waals surface area contributed by atoms with Gasteiger partial charge in [0.2, 0.25) is 5.95 Å². The Bertz CT molecular complexity index is 1190. The molecule has 0 aliphatic heterocycles. The largest absolute Gasteiger partial charge is 0.327 e. The number of rotatable bonds is 7.